The Bertz CT molecular complexity index is 541. The molecule has 1 aliphatic carbocycles. The summed E-state index contributed by atoms with van der Waals surface area (Å²) >= 11 is 0. The lowest BCUT2D eigenvalue weighted by Crippen LogP contribution is -2.24. The van der Waals surface area contributed by atoms with E-state index in [1.165, 1.54) is 18.4 Å². The average molecular weight is 274 g/mol. The van der Waals surface area contributed by atoms with Gasteiger partial charge in [-0.3, -0.25) is 4.90 Å². The standard InChI is InChI=1S/C16H22N2O2/c1-12-8-15(20-16(12)9-17-2)11-18(13-5-6-13)10-14-4-3-7-19-14/h3-4,7-8,13,17H,5-6,9-11H2,1-2H3. The Kier molecular flexibility index (Phi) is 3.94. The number of hydrogen-bond acceptors (Lipinski definition) is 4. The molecule has 0 bridgehead atoms. The molecular weight excluding hydrogens is 252 g/mol. The van der Waals surface area contributed by atoms with E-state index >= 15 is 0 Å². The first kappa shape index (κ1) is 13.5. The van der Waals surface area contributed by atoms with E-state index in [1.54, 1.807) is 6.26 Å². The van der Waals surface area contributed by atoms with E-state index < -0.39 is 0 Å². The van der Waals surface area contributed by atoms with Gasteiger partial charge in [0.25, 0.3) is 0 Å². The van der Waals surface area contributed by atoms with Gasteiger partial charge in [-0.2, -0.15) is 0 Å². The Morgan fingerprint density at radius 1 is 1.30 bits per heavy atom. The topological polar surface area (TPSA) is 41.6 Å². The van der Waals surface area contributed by atoms with Crippen LogP contribution in [0.5, 0.6) is 0 Å². The normalized spacial score (nSPS) is 15.2. The van der Waals surface area contributed by atoms with Crippen LogP contribution in [0.4, 0.5) is 0 Å². The van der Waals surface area contributed by atoms with Crippen molar-refractivity contribution < 1.29 is 8.83 Å². The largest absolute Gasteiger partial charge is 0.468 e. The van der Waals surface area contributed by atoms with E-state index in [0.29, 0.717) is 6.04 Å². The smallest absolute Gasteiger partial charge is 0.120 e. The molecular formula is C16H22N2O2. The molecule has 0 aliphatic heterocycles. The fourth-order valence-corrected chi connectivity index (χ4v) is 2.56. The predicted molar refractivity (Wildman–Crippen MR) is 77.2 cm³/mol. The van der Waals surface area contributed by atoms with Crippen LogP contribution in [-0.2, 0) is 19.6 Å². The highest BCUT2D eigenvalue weighted by Gasteiger charge is 2.30. The van der Waals surface area contributed by atoms with Crippen molar-refractivity contribution in [3.8, 4) is 0 Å². The van der Waals surface area contributed by atoms with E-state index in [9.17, 15) is 0 Å². The summed E-state index contributed by atoms with van der Waals surface area (Å²) in [5.41, 5.74) is 1.23. The molecule has 3 rings (SSSR count). The third-order valence-corrected chi connectivity index (χ3v) is 3.77. The van der Waals surface area contributed by atoms with E-state index in [0.717, 1.165) is 36.9 Å². The highest BCUT2D eigenvalue weighted by atomic mass is 16.3. The molecule has 0 aromatic carbocycles. The van der Waals surface area contributed by atoms with Gasteiger partial charge in [0.1, 0.15) is 17.3 Å². The Morgan fingerprint density at radius 2 is 2.10 bits per heavy atom. The molecule has 2 heterocycles. The third kappa shape index (κ3) is 3.14. The van der Waals surface area contributed by atoms with Gasteiger partial charge in [0, 0.05) is 6.04 Å². The van der Waals surface area contributed by atoms with Crippen LogP contribution in [0.1, 0.15) is 35.7 Å². The van der Waals surface area contributed by atoms with Gasteiger partial charge in [-0.1, -0.05) is 0 Å². The first-order valence-electron chi connectivity index (χ1n) is 7.25. The molecule has 0 amide bonds. The van der Waals surface area contributed by atoms with Gasteiger partial charge in [0.2, 0.25) is 0 Å². The maximum absolute atomic E-state index is 5.95. The minimum Gasteiger partial charge on any atom is -0.468 e. The lowest BCUT2D eigenvalue weighted by atomic mass is 10.2. The predicted octanol–water partition coefficient (Wildman–Crippen LogP) is 3.07. The molecule has 0 unspecified atom stereocenters. The molecule has 4 nitrogen and oxygen atoms in total. The van der Waals surface area contributed by atoms with Crippen LogP contribution in [-0.4, -0.2) is 18.0 Å². The first-order valence-corrected chi connectivity index (χ1v) is 7.25. The minimum absolute atomic E-state index is 0.679. The summed E-state index contributed by atoms with van der Waals surface area (Å²) < 4.78 is 11.4. The Labute approximate surface area is 119 Å². The van der Waals surface area contributed by atoms with Crippen molar-refractivity contribution in [3.05, 3.63) is 47.3 Å². The molecule has 0 atom stereocenters. The van der Waals surface area contributed by atoms with Gasteiger partial charge in [0.05, 0.1) is 25.9 Å². The zero-order valence-electron chi connectivity index (χ0n) is 12.2. The lowest BCUT2D eigenvalue weighted by Gasteiger charge is -2.19. The quantitative estimate of drug-likeness (QED) is 0.842. The zero-order chi connectivity index (χ0) is 13.9. The van der Waals surface area contributed by atoms with E-state index in [-0.39, 0.29) is 0 Å². The van der Waals surface area contributed by atoms with Crippen molar-refractivity contribution in [2.24, 2.45) is 0 Å². The molecule has 20 heavy (non-hydrogen) atoms. The van der Waals surface area contributed by atoms with Crippen molar-refractivity contribution in [1.29, 1.82) is 0 Å². The average Bonchev–Trinajstić information content (AvgIpc) is 3.05. The fourth-order valence-electron chi connectivity index (χ4n) is 2.56. The van der Waals surface area contributed by atoms with Crippen molar-refractivity contribution >= 4 is 0 Å². The third-order valence-electron chi connectivity index (χ3n) is 3.77. The molecule has 0 saturated heterocycles. The number of furan rings is 2. The summed E-state index contributed by atoms with van der Waals surface area (Å²) in [5.74, 6) is 3.11. The number of nitrogens with one attached hydrogen (secondary N) is 1. The molecule has 2 aromatic heterocycles. The van der Waals surface area contributed by atoms with Crippen molar-refractivity contribution in [1.82, 2.24) is 10.2 Å². The Balaban J connectivity index is 1.68. The fraction of sp³-hybridized carbons (Fsp3) is 0.500. The van der Waals surface area contributed by atoms with Crippen LogP contribution >= 0.6 is 0 Å². The summed E-state index contributed by atoms with van der Waals surface area (Å²) in [7, 11) is 1.94. The maximum Gasteiger partial charge on any atom is 0.120 e. The van der Waals surface area contributed by atoms with Gasteiger partial charge in [-0.25, -0.2) is 0 Å². The van der Waals surface area contributed by atoms with Crippen LogP contribution in [0.3, 0.4) is 0 Å². The zero-order valence-corrected chi connectivity index (χ0v) is 12.2. The molecule has 4 heteroatoms. The highest BCUT2D eigenvalue weighted by Crippen LogP contribution is 2.30. The molecule has 1 aliphatic rings. The Morgan fingerprint density at radius 3 is 2.75 bits per heavy atom. The summed E-state index contributed by atoms with van der Waals surface area (Å²) in [4.78, 5) is 2.44. The van der Waals surface area contributed by atoms with E-state index in [2.05, 4.69) is 23.2 Å². The van der Waals surface area contributed by atoms with Crippen LogP contribution in [0.25, 0.3) is 0 Å². The first-order chi connectivity index (χ1) is 9.76. The number of aryl methyl sites for hydroxylation is 1. The van der Waals surface area contributed by atoms with Gasteiger partial charge in [-0.05, 0) is 50.6 Å². The molecule has 108 valence electrons. The van der Waals surface area contributed by atoms with Gasteiger partial charge < -0.3 is 14.2 Å². The van der Waals surface area contributed by atoms with E-state index in [1.807, 2.05) is 19.2 Å². The monoisotopic (exact) mass is 274 g/mol. The molecule has 1 fully saturated rings. The van der Waals surface area contributed by atoms with Gasteiger partial charge in [0.15, 0.2) is 0 Å². The van der Waals surface area contributed by atoms with Crippen molar-refractivity contribution in [3.63, 3.8) is 0 Å². The van der Waals surface area contributed by atoms with Crippen LogP contribution in [0.15, 0.2) is 33.3 Å². The van der Waals surface area contributed by atoms with Crippen LogP contribution in [0.2, 0.25) is 0 Å². The summed E-state index contributed by atoms with van der Waals surface area (Å²) in [6, 6.07) is 6.82. The second-order valence-corrected chi connectivity index (χ2v) is 5.56. The van der Waals surface area contributed by atoms with Gasteiger partial charge in [-0.15, -0.1) is 0 Å². The van der Waals surface area contributed by atoms with E-state index in [4.69, 9.17) is 8.83 Å². The van der Waals surface area contributed by atoms with Gasteiger partial charge >= 0.3 is 0 Å². The molecule has 1 N–H and O–H groups in total. The summed E-state index contributed by atoms with van der Waals surface area (Å²) in [5, 5.41) is 3.14. The second kappa shape index (κ2) is 5.85. The Hall–Kier alpha value is -1.52. The molecule has 1 saturated carbocycles. The number of rotatable bonds is 7. The lowest BCUT2D eigenvalue weighted by molar-refractivity contribution is 0.206. The molecule has 0 spiro atoms. The summed E-state index contributed by atoms with van der Waals surface area (Å²) in [6.07, 6.45) is 4.30. The molecule has 0 radical (unpaired) electrons. The second-order valence-electron chi connectivity index (χ2n) is 5.56. The summed E-state index contributed by atoms with van der Waals surface area (Å²) in [6.45, 7) is 4.61. The maximum atomic E-state index is 5.95. The molecule has 2 aromatic rings. The van der Waals surface area contributed by atoms with Crippen molar-refractivity contribution in [2.75, 3.05) is 7.05 Å². The number of hydrogen-bond donors (Lipinski definition) is 1. The van der Waals surface area contributed by atoms with Crippen molar-refractivity contribution in [2.45, 2.75) is 45.4 Å². The highest BCUT2D eigenvalue weighted by molar-refractivity contribution is 5.20. The number of nitrogens with zero attached hydrogens (tertiary/aromatic N) is 1. The SMILES string of the molecule is CNCc1oc(CN(Cc2ccco2)C2CC2)cc1C. The van der Waals surface area contributed by atoms with Crippen LogP contribution < -0.4 is 5.32 Å². The van der Waals surface area contributed by atoms with Crippen LogP contribution in [0, 0.1) is 6.92 Å². The minimum atomic E-state index is 0.679.